The van der Waals surface area contributed by atoms with Gasteiger partial charge < -0.3 is 14.5 Å². The Kier molecular flexibility index (Phi) is 4.58. The van der Waals surface area contributed by atoms with Gasteiger partial charge in [0.1, 0.15) is 12.3 Å². The Hall–Kier alpha value is -3.60. The van der Waals surface area contributed by atoms with Gasteiger partial charge in [-0.1, -0.05) is 36.4 Å². The molecule has 0 unspecified atom stereocenters. The molecule has 0 bridgehead atoms. The van der Waals surface area contributed by atoms with Crippen molar-refractivity contribution < 1.29 is 14.3 Å². The lowest BCUT2D eigenvalue weighted by Crippen LogP contribution is -2.07. The minimum absolute atomic E-state index is 0.142. The quantitative estimate of drug-likeness (QED) is 0.520. The fraction of sp³-hybridized carbons (Fsp3) is 0.0909. The average Bonchev–Trinajstić information content (AvgIpc) is 3.16. The van der Waals surface area contributed by atoms with E-state index in [9.17, 15) is 4.79 Å². The topological polar surface area (TPSA) is 64.2 Å². The Balaban J connectivity index is 1.72. The number of H-pyrrole nitrogens is 1. The summed E-state index contributed by atoms with van der Waals surface area (Å²) < 4.78 is 11.4. The molecule has 1 N–H and O–H groups in total. The minimum Gasteiger partial charge on any atom is -0.493 e. The molecule has 4 rings (SSSR count). The van der Waals surface area contributed by atoms with Gasteiger partial charge in [-0.3, -0.25) is 4.79 Å². The van der Waals surface area contributed by atoms with Crippen LogP contribution in [0.2, 0.25) is 0 Å². The molecule has 4 aromatic rings. The fourth-order valence-electron chi connectivity index (χ4n) is 3.02. The lowest BCUT2D eigenvalue weighted by atomic mass is 10.0. The van der Waals surface area contributed by atoms with E-state index in [2.05, 4.69) is 9.97 Å². The Morgan fingerprint density at radius 2 is 1.85 bits per heavy atom. The number of nitrogens with one attached hydrogen (secondary N) is 1. The van der Waals surface area contributed by atoms with Gasteiger partial charge in [0.25, 0.3) is 0 Å². The number of fused-ring (bicyclic) bond motifs is 1. The maximum absolute atomic E-state index is 13.2. The molecular weight excluding hydrogens is 340 g/mol. The molecular formula is C22H18N2O3. The van der Waals surface area contributed by atoms with Crippen LogP contribution in [0.5, 0.6) is 11.5 Å². The molecule has 0 aliphatic rings. The number of hydrogen-bond donors (Lipinski definition) is 1. The van der Waals surface area contributed by atoms with Crippen molar-refractivity contribution in [1.29, 1.82) is 0 Å². The monoisotopic (exact) mass is 358 g/mol. The van der Waals surface area contributed by atoms with E-state index >= 15 is 0 Å². The number of nitrogens with zero attached hydrogens (tertiary/aromatic N) is 1. The molecule has 2 aromatic heterocycles. The highest BCUT2D eigenvalue weighted by Crippen LogP contribution is 2.34. The second kappa shape index (κ2) is 7.33. The first kappa shape index (κ1) is 16.8. The molecule has 2 aromatic carbocycles. The number of ketones is 1. The number of aromatic nitrogens is 2. The molecule has 0 aliphatic carbocycles. The van der Waals surface area contributed by atoms with Gasteiger partial charge in [0.2, 0.25) is 0 Å². The second-order valence-electron chi connectivity index (χ2n) is 6.04. The van der Waals surface area contributed by atoms with Gasteiger partial charge in [-0.2, -0.15) is 0 Å². The predicted octanol–water partition coefficient (Wildman–Crippen LogP) is 4.38. The summed E-state index contributed by atoms with van der Waals surface area (Å²) in [6.07, 6.45) is 3.37. The molecule has 0 spiro atoms. The van der Waals surface area contributed by atoms with Crippen LogP contribution in [0.1, 0.15) is 21.5 Å². The summed E-state index contributed by atoms with van der Waals surface area (Å²) in [5.74, 6) is 0.818. The number of para-hydroxylation sites is 1. The normalized spacial score (nSPS) is 10.7. The van der Waals surface area contributed by atoms with Crippen molar-refractivity contribution in [3.63, 3.8) is 0 Å². The van der Waals surface area contributed by atoms with Crippen LogP contribution in [0.15, 0.2) is 73.1 Å². The van der Waals surface area contributed by atoms with Crippen molar-refractivity contribution in [2.45, 2.75) is 6.61 Å². The Labute approximate surface area is 156 Å². The minimum atomic E-state index is -0.142. The third-order valence-electron chi connectivity index (χ3n) is 4.37. The summed E-state index contributed by atoms with van der Waals surface area (Å²) in [6, 6.07) is 18.8. The van der Waals surface area contributed by atoms with Crippen LogP contribution in [0.25, 0.3) is 11.0 Å². The molecule has 0 saturated carbocycles. The third kappa shape index (κ3) is 3.27. The first-order valence-corrected chi connectivity index (χ1v) is 8.58. The summed E-state index contributed by atoms with van der Waals surface area (Å²) in [4.78, 5) is 20.5. The first-order valence-electron chi connectivity index (χ1n) is 8.58. The lowest BCUT2D eigenvalue weighted by molar-refractivity contribution is 0.103. The van der Waals surface area contributed by atoms with E-state index in [-0.39, 0.29) is 5.78 Å². The Morgan fingerprint density at radius 3 is 2.67 bits per heavy atom. The number of carbonyl (C=O) groups is 1. The lowest BCUT2D eigenvalue weighted by Gasteiger charge is -2.14. The summed E-state index contributed by atoms with van der Waals surface area (Å²) in [6.45, 7) is 0.344. The molecule has 5 nitrogen and oxygen atoms in total. The molecule has 27 heavy (non-hydrogen) atoms. The van der Waals surface area contributed by atoms with Gasteiger partial charge in [0.05, 0.1) is 12.7 Å². The van der Waals surface area contributed by atoms with Crippen molar-refractivity contribution in [1.82, 2.24) is 9.97 Å². The van der Waals surface area contributed by atoms with E-state index in [0.29, 0.717) is 34.9 Å². The van der Waals surface area contributed by atoms with Crippen LogP contribution >= 0.6 is 0 Å². The number of carbonyl (C=O) groups excluding carboxylic acids is 1. The number of ether oxygens (including phenoxy) is 2. The highest BCUT2D eigenvalue weighted by Gasteiger charge is 2.21. The molecule has 2 heterocycles. The molecule has 0 saturated heterocycles. The van der Waals surface area contributed by atoms with Crippen LogP contribution < -0.4 is 9.47 Å². The number of benzene rings is 2. The summed E-state index contributed by atoms with van der Waals surface area (Å²) in [7, 11) is 1.56. The van der Waals surface area contributed by atoms with Crippen LogP contribution in [0, 0.1) is 0 Å². The highest BCUT2D eigenvalue weighted by atomic mass is 16.5. The van der Waals surface area contributed by atoms with E-state index in [1.54, 1.807) is 37.7 Å². The largest absolute Gasteiger partial charge is 0.493 e. The number of rotatable bonds is 6. The molecule has 0 aliphatic heterocycles. The fourth-order valence-corrected chi connectivity index (χ4v) is 3.02. The molecule has 0 amide bonds. The molecule has 5 heteroatoms. The molecule has 0 radical (unpaired) electrons. The maximum Gasteiger partial charge on any atom is 0.199 e. The Bertz CT molecular complexity index is 1090. The van der Waals surface area contributed by atoms with Crippen molar-refractivity contribution >= 4 is 16.8 Å². The van der Waals surface area contributed by atoms with E-state index in [1.165, 1.54) is 0 Å². The average molecular weight is 358 g/mol. The van der Waals surface area contributed by atoms with Crippen LogP contribution in [0.3, 0.4) is 0 Å². The van der Waals surface area contributed by atoms with Crippen molar-refractivity contribution in [2.75, 3.05) is 7.11 Å². The van der Waals surface area contributed by atoms with Crippen molar-refractivity contribution in [3.05, 3.63) is 89.7 Å². The van der Waals surface area contributed by atoms with E-state index < -0.39 is 0 Å². The van der Waals surface area contributed by atoms with E-state index in [1.807, 2.05) is 42.5 Å². The zero-order valence-electron chi connectivity index (χ0n) is 14.8. The first-order chi connectivity index (χ1) is 13.3. The van der Waals surface area contributed by atoms with Crippen LogP contribution in [-0.4, -0.2) is 22.9 Å². The van der Waals surface area contributed by atoms with Gasteiger partial charge in [0, 0.05) is 23.3 Å². The maximum atomic E-state index is 13.2. The van der Waals surface area contributed by atoms with Crippen molar-refractivity contribution in [3.8, 4) is 11.5 Å². The number of methoxy groups -OCH3 is 1. The smallest absolute Gasteiger partial charge is 0.199 e. The van der Waals surface area contributed by atoms with Gasteiger partial charge in [-0.15, -0.1) is 0 Å². The summed E-state index contributed by atoms with van der Waals surface area (Å²) in [5.41, 5.74) is 2.69. The standard InChI is InChI=1S/C22H18N2O3/c1-26-19-11-5-9-17(21(19)27-14-15-7-3-2-4-8-15)20(25)18-13-24-22-16(18)10-6-12-23-22/h2-13H,14H2,1H3,(H,23,24). The summed E-state index contributed by atoms with van der Waals surface area (Å²) >= 11 is 0. The number of aromatic amines is 1. The third-order valence-corrected chi connectivity index (χ3v) is 4.37. The van der Waals surface area contributed by atoms with Crippen LogP contribution in [0.4, 0.5) is 0 Å². The van der Waals surface area contributed by atoms with Gasteiger partial charge in [-0.25, -0.2) is 4.98 Å². The number of pyridine rings is 1. The van der Waals surface area contributed by atoms with Crippen LogP contribution in [-0.2, 0) is 6.61 Å². The zero-order valence-corrected chi connectivity index (χ0v) is 14.8. The van der Waals surface area contributed by atoms with Gasteiger partial charge in [-0.05, 0) is 29.8 Å². The molecule has 0 fully saturated rings. The molecule has 134 valence electrons. The highest BCUT2D eigenvalue weighted by molar-refractivity contribution is 6.17. The van der Waals surface area contributed by atoms with Crippen molar-refractivity contribution in [2.24, 2.45) is 0 Å². The zero-order chi connectivity index (χ0) is 18.6. The SMILES string of the molecule is COc1cccc(C(=O)c2c[nH]c3ncccc23)c1OCc1ccccc1. The van der Waals surface area contributed by atoms with Gasteiger partial charge >= 0.3 is 0 Å². The Morgan fingerprint density at radius 1 is 1.00 bits per heavy atom. The van der Waals surface area contributed by atoms with Gasteiger partial charge in [0.15, 0.2) is 17.3 Å². The molecule has 0 atom stereocenters. The summed E-state index contributed by atoms with van der Waals surface area (Å²) in [5, 5.41) is 0.777. The van der Waals surface area contributed by atoms with E-state index in [4.69, 9.17) is 9.47 Å². The predicted molar refractivity (Wildman–Crippen MR) is 103 cm³/mol. The van der Waals surface area contributed by atoms with E-state index in [0.717, 1.165) is 10.9 Å². The number of hydrogen-bond acceptors (Lipinski definition) is 4. The second-order valence-corrected chi connectivity index (χ2v) is 6.04.